The standard InChI is InChI=1S/C28H32N4O/c1-21-25-14-15-26(33)32(17-8-13-22-9-4-2-5-10-22)28(25)30-27(29-21)24-16-18-31(20-24)19-23-11-6-3-7-12-23/h2-7,9-12,24H,8,13-20H2,1H3. The maximum atomic E-state index is 12.9. The zero-order valence-electron chi connectivity index (χ0n) is 19.4. The SMILES string of the molecule is Cc1nc(C2CCN(Cc3ccccc3)C2)nc2c1CCC(=O)N2CCCc1ccccc1. The molecular weight excluding hydrogens is 408 g/mol. The van der Waals surface area contributed by atoms with E-state index in [-0.39, 0.29) is 5.91 Å². The highest BCUT2D eigenvalue weighted by atomic mass is 16.2. The number of likely N-dealkylation sites (tertiary alicyclic amines) is 1. The third kappa shape index (κ3) is 4.98. The number of anilines is 1. The van der Waals surface area contributed by atoms with Gasteiger partial charge in [-0.1, -0.05) is 60.7 Å². The molecule has 3 heterocycles. The van der Waals surface area contributed by atoms with E-state index >= 15 is 0 Å². The number of hydrogen-bond acceptors (Lipinski definition) is 4. The molecule has 0 radical (unpaired) electrons. The maximum Gasteiger partial charge on any atom is 0.228 e. The number of rotatable bonds is 7. The highest BCUT2D eigenvalue weighted by molar-refractivity contribution is 5.95. The van der Waals surface area contributed by atoms with Crippen LogP contribution in [0.1, 0.15) is 53.4 Å². The molecule has 1 atom stereocenters. The third-order valence-corrected chi connectivity index (χ3v) is 6.93. The van der Waals surface area contributed by atoms with Crippen LogP contribution in [-0.2, 0) is 24.2 Å². The zero-order chi connectivity index (χ0) is 22.6. The fraction of sp³-hybridized carbons (Fsp3) is 0.393. The van der Waals surface area contributed by atoms with Crippen LogP contribution in [0.4, 0.5) is 5.82 Å². The van der Waals surface area contributed by atoms with Crippen molar-refractivity contribution in [2.45, 2.75) is 51.5 Å². The molecular formula is C28H32N4O. The van der Waals surface area contributed by atoms with Crippen LogP contribution in [0.25, 0.3) is 0 Å². The van der Waals surface area contributed by atoms with Crippen molar-refractivity contribution in [1.82, 2.24) is 14.9 Å². The van der Waals surface area contributed by atoms with Crippen molar-refractivity contribution in [3.05, 3.63) is 88.9 Å². The third-order valence-electron chi connectivity index (χ3n) is 6.93. The number of fused-ring (bicyclic) bond motifs is 1. The lowest BCUT2D eigenvalue weighted by Gasteiger charge is -2.30. The number of aromatic nitrogens is 2. The monoisotopic (exact) mass is 440 g/mol. The Kier molecular flexibility index (Phi) is 6.49. The molecule has 0 N–H and O–H groups in total. The Hall–Kier alpha value is -3.05. The van der Waals surface area contributed by atoms with Crippen LogP contribution in [0, 0.1) is 6.92 Å². The van der Waals surface area contributed by atoms with E-state index in [0.29, 0.717) is 18.9 Å². The Labute approximate surface area is 196 Å². The fourth-order valence-electron chi connectivity index (χ4n) is 5.13. The van der Waals surface area contributed by atoms with Crippen LogP contribution in [0.2, 0.25) is 0 Å². The first-order valence-corrected chi connectivity index (χ1v) is 12.2. The summed E-state index contributed by atoms with van der Waals surface area (Å²) in [5, 5.41) is 0. The summed E-state index contributed by atoms with van der Waals surface area (Å²) >= 11 is 0. The molecule has 170 valence electrons. The number of carbonyl (C=O) groups excluding carboxylic acids is 1. The van der Waals surface area contributed by atoms with Crippen molar-refractivity contribution in [3.8, 4) is 0 Å². The van der Waals surface area contributed by atoms with Crippen molar-refractivity contribution in [2.24, 2.45) is 0 Å². The van der Waals surface area contributed by atoms with E-state index in [1.54, 1.807) is 0 Å². The van der Waals surface area contributed by atoms with Crippen LogP contribution in [-0.4, -0.2) is 40.4 Å². The van der Waals surface area contributed by atoms with Gasteiger partial charge in [-0.05, 0) is 50.3 Å². The van der Waals surface area contributed by atoms with Gasteiger partial charge in [-0.25, -0.2) is 9.97 Å². The first-order chi connectivity index (χ1) is 16.2. The molecule has 3 aromatic rings. The number of nitrogens with zero attached hydrogens (tertiary/aromatic N) is 4. The predicted octanol–water partition coefficient (Wildman–Crippen LogP) is 4.69. The molecule has 33 heavy (non-hydrogen) atoms. The quantitative estimate of drug-likeness (QED) is 0.535. The van der Waals surface area contributed by atoms with Gasteiger partial charge in [0.2, 0.25) is 5.91 Å². The van der Waals surface area contributed by atoms with Crippen molar-refractivity contribution in [2.75, 3.05) is 24.5 Å². The van der Waals surface area contributed by atoms with E-state index in [2.05, 4.69) is 66.4 Å². The predicted molar refractivity (Wildman–Crippen MR) is 131 cm³/mol. The van der Waals surface area contributed by atoms with Crippen LogP contribution < -0.4 is 4.90 Å². The highest BCUT2D eigenvalue weighted by Crippen LogP contribution is 2.32. The molecule has 1 amide bonds. The number of aryl methyl sites for hydroxylation is 2. The Balaban J connectivity index is 1.30. The summed E-state index contributed by atoms with van der Waals surface area (Å²) < 4.78 is 0. The van der Waals surface area contributed by atoms with Gasteiger partial charge in [-0.15, -0.1) is 0 Å². The molecule has 0 saturated carbocycles. The van der Waals surface area contributed by atoms with Crippen molar-refractivity contribution in [3.63, 3.8) is 0 Å². The van der Waals surface area contributed by atoms with Gasteiger partial charge < -0.3 is 0 Å². The highest BCUT2D eigenvalue weighted by Gasteiger charge is 2.31. The topological polar surface area (TPSA) is 49.3 Å². The largest absolute Gasteiger partial charge is 0.298 e. The van der Waals surface area contributed by atoms with E-state index in [9.17, 15) is 4.79 Å². The summed E-state index contributed by atoms with van der Waals surface area (Å²) in [5.74, 6) is 2.28. The molecule has 5 nitrogen and oxygen atoms in total. The zero-order valence-corrected chi connectivity index (χ0v) is 19.4. The second kappa shape index (κ2) is 9.84. The van der Waals surface area contributed by atoms with Crippen molar-refractivity contribution >= 4 is 11.7 Å². The molecule has 2 aliphatic rings. The van der Waals surface area contributed by atoms with Crippen LogP contribution in [0.3, 0.4) is 0 Å². The molecule has 0 aliphatic carbocycles. The van der Waals surface area contributed by atoms with Gasteiger partial charge in [0.05, 0.1) is 0 Å². The lowest BCUT2D eigenvalue weighted by atomic mass is 10.0. The van der Waals surface area contributed by atoms with Gasteiger partial charge in [0.1, 0.15) is 11.6 Å². The minimum Gasteiger partial charge on any atom is -0.298 e. The summed E-state index contributed by atoms with van der Waals surface area (Å²) in [7, 11) is 0. The second-order valence-electron chi connectivity index (χ2n) is 9.31. The molecule has 1 unspecified atom stereocenters. The fourth-order valence-corrected chi connectivity index (χ4v) is 5.13. The van der Waals surface area contributed by atoms with Crippen LogP contribution in [0.15, 0.2) is 60.7 Å². The van der Waals surface area contributed by atoms with Gasteiger partial charge in [0, 0.05) is 43.2 Å². The molecule has 2 aromatic carbocycles. The Morgan fingerprint density at radius 1 is 0.939 bits per heavy atom. The van der Waals surface area contributed by atoms with E-state index < -0.39 is 0 Å². The van der Waals surface area contributed by atoms with Gasteiger partial charge in [-0.2, -0.15) is 0 Å². The molecule has 1 aromatic heterocycles. The smallest absolute Gasteiger partial charge is 0.228 e. The average molecular weight is 441 g/mol. The molecule has 0 spiro atoms. The van der Waals surface area contributed by atoms with Crippen LogP contribution in [0.5, 0.6) is 0 Å². The van der Waals surface area contributed by atoms with E-state index in [1.807, 2.05) is 11.0 Å². The number of carbonyl (C=O) groups is 1. The number of benzene rings is 2. The minimum atomic E-state index is 0.191. The first-order valence-electron chi connectivity index (χ1n) is 12.2. The summed E-state index contributed by atoms with van der Waals surface area (Å²) in [4.78, 5) is 27.2. The second-order valence-corrected chi connectivity index (χ2v) is 9.31. The lowest BCUT2D eigenvalue weighted by molar-refractivity contribution is -0.119. The number of hydrogen-bond donors (Lipinski definition) is 0. The maximum absolute atomic E-state index is 12.9. The summed E-state index contributed by atoms with van der Waals surface area (Å²) in [5.41, 5.74) is 4.84. The van der Waals surface area contributed by atoms with Crippen molar-refractivity contribution in [1.29, 1.82) is 0 Å². The molecule has 1 fully saturated rings. The van der Waals surface area contributed by atoms with Gasteiger partial charge in [0.25, 0.3) is 0 Å². The van der Waals surface area contributed by atoms with E-state index in [0.717, 1.165) is 68.2 Å². The summed E-state index contributed by atoms with van der Waals surface area (Å²) in [6.07, 6.45) is 4.26. The Morgan fingerprint density at radius 3 is 2.42 bits per heavy atom. The minimum absolute atomic E-state index is 0.191. The molecule has 1 saturated heterocycles. The molecule has 5 rings (SSSR count). The summed E-state index contributed by atoms with van der Waals surface area (Å²) in [6, 6.07) is 21.1. The van der Waals surface area contributed by atoms with Gasteiger partial charge in [-0.3, -0.25) is 14.6 Å². The molecule has 0 bridgehead atoms. The van der Waals surface area contributed by atoms with Crippen molar-refractivity contribution < 1.29 is 4.79 Å². The van der Waals surface area contributed by atoms with Gasteiger partial charge in [0.15, 0.2) is 0 Å². The van der Waals surface area contributed by atoms with E-state index in [4.69, 9.17) is 9.97 Å². The lowest BCUT2D eigenvalue weighted by Crippen LogP contribution is -2.38. The Bertz CT molecular complexity index is 1100. The summed E-state index contributed by atoms with van der Waals surface area (Å²) in [6.45, 7) is 5.78. The normalized spacial score (nSPS) is 18.5. The van der Waals surface area contributed by atoms with E-state index in [1.165, 1.54) is 11.1 Å². The number of amides is 1. The van der Waals surface area contributed by atoms with Crippen LogP contribution >= 0.6 is 0 Å². The first kappa shape index (κ1) is 21.8. The molecule has 5 heteroatoms. The average Bonchev–Trinajstić information content (AvgIpc) is 3.30. The van der Waals surface area contributed by atoms with Gasteiger partial charge >= 0.3 is 0 Å². The Morgan fingerprint density at radius 2 is 1.67 bits per heavy atom. The molecule has 2 aliphatic heterocycles.